The summed E-state index contributed by atoms with van der Waals surface area (Å²) in [6, 6.07) is 7.30. The third-order valence-corrected chi connectivity index (χ3v) is 5.12. The Balaban J connectivity index is 2.24. The van der Waals surface area contributed by atoms with Crippen LogP contribution in [-0.4, -0.2) is 19.7 Å². The molecule has 0 atom stereocenters. The standard InChI is InChI=1S/C19H31NO/c1-13(2)16-10-19(11-16,12-20-14(3)4)17-8-7-15(5)18(9-17)21-6/h7-9,13-14,16,20H,10-12H2,1-6H3. The van der Waals surface area contributed by atoms with Gasteiger partial charge in [0.05, 0.1) is 7.11 Å². The monoisotopic (exact) mass is 289 g/mol. The molecule has 0 saturated heterocycles. The maximum Gasteiger partial charge on any atom is 0.122 e. The van der Waals surface area contributed by atoms with Crippen molar-refractivity contribution in [2.75, 3.05) is 13.7 Å². The smallest absolute Gasteiger partial charge is 0.122 e. The van der Waals surface area contributed by atoms with Gasteiger partial charge in [0.2, 0.25) is 0 Å². The molecular weight excluding hydrogens is 258 g/mol. The van der Waals surface area contributed by atoms with Gasteiger partial charge in [-0.2, -0.15) is 0 Å². The average Bonchev–Trinajstić information content (AvgIpc) is 2.38. The van der Waals surface area contributed by atoms with Crippen LogP contribution in [0.1, 0.15) is 51.7 Å². The van der Waals surface area contributed by atoms with Crippen molar-refractivity contribution >= 4 is 0 Å². The van der Waals surface area contributed by atoms with Crippen molar-refractivity contribution < 1.29 is 4.74 Å². The lowest BCUT2D eigenvalue weighted by Crippen LogP contribution is -2.51. The molecule has 1 fully saturated rings. The van der Waals surface area contributed by atoms with E-state index in [0.717, 1.165) is 24.1 Å². The van der Waals surface area contributed by atoms with Crippen LogP contribution >= 0.6 is 0 Å². The SMILES string of the molecule is COc1cc(C2(CNC(C)C)CC(C(C)C)C2)ccc1C. The third-order valence-electron chi connectivity index (χ3n) is 5.12. The van der Waals surface area contributed by atoms with Gasteiger partial charge in [-0.15, -0.1) is 0 Å². The van der Waals surface area contributed by atoms with Crippen molar-refractivity contribution in [3.63, 3.8) is 0 Å². The van der Waals surface area contributed by atoms with Gasteiger partial charge in [0, 0.05) is 18.0 Å². The predicted octanol–water partition coefficient (Wildman–Crippen LogP) is 4.31. The van der Waals surface area contributed by atoms with Crippen molar-refractivity contribution in [3.8, 4) is 5.75 Å². The van der Waals surface area contributed by atoms with E-state index in [0.29, 0.717) is 11.5 Å². The lowest BCUT2D eigenvalue weighted by Gasteiger charge is -2.51. The first-order chi connectivity index (χ1) is 9.88. The molecule has 0 bridgehead atoms. The second kappa shape index (κ2) is 6.39. The first-order valence-corrected chi connectivity index (χ1v) is 8.26. The van der Waals surface area contributed by atoms with Gasteiger partial charge < -0.3 is 10.1 Å². The van der Waals surface area contributed by atoms with E-state index in [-0.39, 0.29) is 0 Å². The van der Waals surface area contributed by atoms with Crippen LogP contribution in [0.4, 0.5) is 0 Å². The Kier molecular flexibility index (Phi) is 4.98. The number of hydrogen-bond acceptors (Lipinski definition) is 2. The molecule has 2 rings (SSSR count). The van der Waals surface area contributed by atoms with E-state index in [1.807, 2.05) is 0 Å². The van der Waals surface area contributed by atoms with E-state index in [4.69, 9.17) is 4.74 Å². The normalized spacial score (nSPS) is 25.2. The fourth-order valence-corrected chi connectivity index (χ4v) is 3.45. The van der Waals surface area contributed by atoms with Gasteiger partial charge >= 0.3 is 0 Å². The summed E-state index contributed by atoms with van der Waals surface area (Å²) in [6.45, 7) is 12.3. The Morgan fingerprint density at radius 3 is 2.43 bits per heavy atom. The molecule has 0 aliphatic heterocycles. The summed E-state index contributed by atoms with van der Waals surface area (Å²) in [6.07, 6.45) is 2.58. The molecule has 1 aliphatic rings. The highest BCUT2D eigenvalue weighted by atomic mass is 16.5. The van der Waals surface area contributed by atoms with E-state index in [9.17, 15) is 0 Å². The van der Waals surface area contributed by atoms with Crippen LogP contribution in [0.15, 0.2) is 18.2 Å². The van der Waals surface area contributed by atoms with E-state index in [1.165, 1.54) is 24.0 Å². The molecule has 0 spiro atoms. The Bertz CT molecular complexity index is 467. The quantitative estimate of drug-likeness (QED) is 0.843. The van der Waals surface area contributed by atoms with Crippen LogP contribution in [0.5, 0.6) is 5.75 Å². The van der Waals surface area contributed by atoms with E-state index in [2.05, 4.69) is 58.1 Å². The molecule has 0 radical (unpaired) electrons. The van der Waals surface area contributed by atoms with Crippen molar-refractivity contribution in [1.29, 1.82) is 0 Å². The number of rotatable bonds is 6. The Morgan fingerprint density at radius 2 is 1.90 bits per heavy atom. The minimum Gasteiger partial charge on any atom is -0.496 e. The van der Waals surface area contributed by atoms with Gasteiger partial charge in [-0.3, -0.25) is 0 Å². The van der Waals surface area contributed by atoms with Crippen LogP contribution in [0.3, 0.4) is 0 Å². The molecular formula is C19H31NO. The third kappa shape index (κ3) is 3.42. The van der Waals surface area contributed by atoms with Crippen molar-refractivity contribution in [3.05, 3.63) is 29.3 Å². The van der Waals surface area contributed by atoms with E-state index < -0.39 is 0 Å². The van der Waals surface area contributed by atoms with E-state index >= 15 is 0 Å². The van der Waals surface area contributed by atoms with Crippen molar-refractivity contribution in [1.82, 2.24) is 5.32 Å². The molecule has 21 heavy (non-hydrogen) atoms. The highest BCUT2D eigenvalue weighted by molar-refractivity contribution is 5.41. The molecule has 118 valence electrons. The van der Waals surface area contributed by atoms with Gasteiger partial charge in [0.25, 0.3) is 0 Å². The van der Waals surface area contributed by atoms with Gasteiger partial charge in [0.15, 0.2) is 0 Å². The topological polar surface area (TPSA) is 21.3 Å². The Morgan fingerprint density at radius 1 is 1.24 bits per heavy atom. The molecule has 0 amide bonds. The highest BCUT2D eigenvalue weighted by Gasteiger charge is 2.46. The van der Waals surface area contributed by atoms with Crippen LogP contribution in [-0.2, 0) is 5.41 Å². The first-order valence-electron chi connectivity index (χ1n) is 8.26. The Labute approximate surface area is 130 Å². The van der Waals surface area contributed by atoms with Crippen LogP contribution in [0.2, 0.25) is 0 Å². The maximum absolute atomic E-state index is 5.53. The van der Waals surface area contributed by atoms with Gasteiger partial charge in [-0.1, -0.05) is 39.8 Å². The van der Waals surface area contributed by atoms with Crippen molar-refractivity contribution in [2.45, 2.75) is 58.9 Å². The molecule has 2 heteroatoms. The number of benzene rings is 1. The van der Waals surface area contributed by atoms with Gasteiger partial charge in [0.1, 0.15) is 5.75 Å². The molecule has 1 aromatic carbocycles. The van der Waals surface area contributed by atoms with Gasteiger partial charge in [-0.05, 0) is 48.8 Å². The van der Waals surface area contributed by atoms with E-state index in [1.54, 1.807) is 7.11 Å². The summed E-state index contributed by atoms with van der Waals surface area (Å²) < 4.78 is 5.53. The molecule has 0 unspecified atom stereocenters. The molecule has 2 nitrogen and oxygen atoms in total. The van der Waals surface area contributed by atoms with Crippen LogP contribution in [0, 0.1) is 18.8 Å². The lowest BCUT2D eigenvalue weighted by molar-refractivity contribution is 0.0956. The number of aryl methyl sites for hydroxylation is 1. The van der Waals surface area contributed by atoms with Crippen LogP contribution < -0.4 is 10.1 Å². The summed E-state index contributed by atoms with van der Waals surface area (Å²) in [5.41, 5.74) is 2.95. The van der Waals surface area contributed by atoms with Crippen LogP contribution in [0.25, 0.3) is 0 Å². The zero-order valence-corrected chi connectivity index (χ0v) is 14.5. The number of nitrogens with one attached hydrogen (secondary N) is 1. The molecule has 1 N–H and O–H groups in total. The van der Waals surface area contributed by atoms with Crippen molar-refractivity contribution in [2.24, 2.45) is 11.8 Å². The summed E-state index contributed by atoms with van der Waals surface area (Å²) in [5, 5.41) is 3.66. The Hall–Kier alpha value is -1.02. The zero-order chi connectivity index (χ0) is 15.6. The second-order valence-electron chi connectivity index (χ2n) is 7.41. The fourth-order valence-electron chi connectivity index (χ4n) is 3.45. The molecule has 0 aromatic heterocycles. The zero-order valence-electron chi connectivity index (χ0n) is 14.5. The van der Waals surface area contributed by atoms with Gasteiger partial charge in [-0.25, -0.2) is 0 Å². The number of hydrogen-bond donors (Lipinski definition) is 1. The summed E-state index contributed by atoms with van der Waals surface area (Å²) >= 11 is 0. The fraction of sp³-hybridized carbons (Fsp3) is 0.684. The number of methoxy groups -OCH3 is 1. The molecule has 1 saturated carbocycles. The molecule has 1 aliphatic carbocycles. The molecule has 0 heterocycles. The second-order valence-corrected chi connectivity index (χ2v) is 7.41. The minimum absolute atomic E-state index is 0.292. The average molecular weight is 289 g/mol. The highest BCUT2D eigenvalue weighted by Crippen LogP contribution is 2.51. The lowest BCUT2D eigenvalue weighted by atomic mass is 9.55. The summed E-state index contributed by atoms with van der Waals surface area (Å²) in [7, 11) is 1.77. The number of ether oxygens (including phenoxy) is 1. The largest absolute Gasteiger partial charge is 0.496 e. The maximum atomic E-state index is 5.53. The first kappa shape index (κ1) is 16.4. The minimum atomic E-state index is 0.292. The molecule has 1 aromatic rings. The summed E-state index contributed by atoms with van der Waals surface area (Å²) in [5.74, 6) is 2.65. The summed E-state index contributed by atoms with van der Waals surface area (Å²) in [4.78, 5) is 0. The predicted molar refractivity (Wildman–Crippen MR) is 90.1 cm³/mol.